The lowest BCUT2D eigenvalue weighted by atomic mass is 9.94. The van der Waals surface area contributed by atoms with Gasteiger partial charge in [-0.15, -0.1) is 11.6 Å². The maximum Gasteiger partial charge on any atom is 0.320 e. The molecule has 0 saturated carbocycles. The summed E-state index contributed by atoms with van der Waals surface area (Å²) in [6.45, 7) is 0. The van der Waals surface area contributed by atoms with Gasteiger partial charge in [0.15, 0.2) is 0 Å². The van der Waals surface area contributed by atoms with Gasteiger partial charge in [-0.2, -0.15) is 0 Å². The van der Waals surface area contributed by atoms with Gasteiger partial charge in [-0.1, -0.05) is 19.3 Å². The van der Waals surface area contributed by atoms with Crippen LogP contribution in [-0.4, -0.2) is 34.1 Å². The Morgan fingerprint density at radius 1 is 1.06 bits per heavy atom. The molecule has 0 bridgehead atoms. The lowest BCUT2D eigenvalue weighted by molar-refractivity contribution is -0.143. The first-order valence-corrected chi connectivity index (χ1v) is 6.29. The normalized spacial score (nSPS) is 14.2. The summed E-state index contributed by atoms with van der Waals surface area (Å²) in [5, 5.41) is 17.6. The molecule has 0 aliphatic carbocycles. The fourth-order valence-corrected chi connectivity index (χ4v) is 1.78. The highest BCUT2D eigenvalue weighted by atomic mass is 35.5. The zero-order valence-corrected chi connectivity index (χ0v) is 10.5. The minimum atomic E-state index is -1.15. The summed E-state index contributed by atoms with van der Waals surface area (Å²) in [7, 11) is 0. The van der Waals surface area contributed by atoms with Crippen LogP contribution in [0.2, 0.25) is 0 Å². The Balaban J connectivity index is 3.91. The van der Waals surface area contributed by atoms with E-state index in [1.54, 1.807) is 0 Å². The van der Waals surface area contributed by atoms with E-state index in [2.05, 4.69) is 0 Å². The first-order valence-electron chi connectivity index (χ1n) is 5.76. The smallest absolute Gasteiger partial charge is 0.320 e. The van der Waals surface area contributed by atoms with Crippen molar-refractivity contribution in [2.24, 2.45) is 11.7 Å². The van der Waals surface area contributed by atoms with E-state index < -0.39 is 23.9 Å². The van der Waals surface area contributed by atoms with E-state index in [-0.39, 0.29) is 6.42 Å². The van der Waals surface area contributed by atoms with Gasteiger partial charge in [0.25, 0.3) is 0 Å². The molecule has 4 N–H and O–H groups in total. The molecule has 6 heteroatoms. The lowest BCUT2D eigenvalue weighted by Crippen LogP contribution is -2.34. The number of hydrogen-bond acceptors (Lipinski definition) is 3. The van der Waals surface area contributed by atoms with Crippen molar-refractivity contribution in [1.82, 2.24) is 0 Å². The number of aliphatic carboxylic acids is 2. The summed E-state index contributed by atoms with van der Waals surface area (Å²) in [6.07, 6.45) is 4.03. The van der Waals surface area contributed by atoms with Gasteiger partial charge in [0, 0.05) is 5.88 Å². The van der Waals surface area contributed by atoms with Crippen molar-refractivity contribution >= 4 is 23.5 Å². The van der Waals surface area contributed by atoms with E-state index in [0.717, 1.165) is 25.7 Å². The van der Waals surface area contributed by atoms with Gasteiger partial charge in [0.2, 0.25) is 0 Å². The van der Waals surface area contributed by atoms with Crippen LogP contribution in [0.5, 0.6) is 0 Å². The summed E-state index contributed by atoms with van der Waals surface area (Å²) in [5.41, 5.74) is 5.33. The molecule has 5 nitrogen and oxygen atoms in total. The Kier molecular flexibility index (Phi) is 8.80. The highest BCUT2D eigenvalue weighted by Gasteiger charge is 2.23. The fourth-order valence-electron chi connectivity index (χ4n) is 1.59. The van der Waals surface area contributed by atoms with Crippen LogP contribution in [0.15, 0.2) is 0 Å². The number of carboxylic acid groups (broad SMARTS) is 2. The van der Waals surface area contributed by atoms with Gasteiger partial charge in [-0.05, 0) is 19.3 Å². The molecule has 0 aromatic heterocycles. The van der Waals surface area contributed by atoms with Crippen LogP contribution in [0.3, 0.4) is 0 Å². The monoisotopic (exact) mass is 265 g/mol. The van der Waals surface area contributed by atoms with Gasteiger partial charge in [0.1, 0.15) is 6.04 Å². The van der Waals surface area contributed by atoms with E-state index in [0.29, 0.717) is 12.3 Å². The summed E-state index contributed by atoms with van der Waals surface area (Å²) in [5.74, 6) is -2.18. The molecule has 0 aliphatic rings. The van der Waals surface area contributed by atoms with Gasteiger partial charge in [-0.25, -0.2) is 0 Å². The number of nitrogens with two attached hydrogens (primary N) is 1. The molecule has 100 valence electrons. The average molecular weight is 266 g/mol. The minimum Gasteiger partial charge on any atom is -0.481 e. The van der Waals surface area contributed by atoms with Gasteiger partial charge < -0.3 is 15.9 Å². The topological polar surface area (TPSA) is 101 Å². The molecular formula is C11H20ClNO4. The van der Waals surface area contributed by atoms with E-state index >= 15 is 0 Å². The van der Waals surface area contributed by atoms with Crippen molar-refractivity contribution in [3.05, 3.63) is 0 Å². The summed E-state index contributed by atoms with van der Waals surface area (Å²) in [6, 6.07) is -1.10. The molecule has 2 atom stereocenters. The molecule has 17 heavy (non-hydrogen) atoms. The quantitative estimate of drug-likeness (QED) is 0.412. The van der Waals surface area contributed by atoms with E-state index in [1.807, 2.05) is 0 Å². The second-order valence-electron chi connectivity index (χ2n) is 4.11. The molecule has 0 spiro atoms. The zero-order valence-electron chi connectivity index (χ0n) is 9.77. The first-order chi connectivity index (χ1) is 7.99. The Hall–Kier alpha value is -0.810. The van der Waals surface area contributed by atoms with Crippen LogP contribution >= 0.6 is 11.6 Å². The second kappa shape index (κ2) is 9.24. The second-order valence-corrected chi connectivity index (χ2v) is 4.49. The predicted molar refractivity (Wildman–Crippen MR) is 65.2 cm³/mol. The highest BCUT2D eigenvalue weighted by molar-refractivity contribution is 6.17. The molecule has 0 fully saturated rings. The lowest BCUT2D eigenvalue weighted by Gasteiger charge is -2.14. The molecule has 0 heterocycles. The maximum atomic E-state index is 10.9. The van der Waals surface area contributed by atoms with Gasteiger partial charge >= 0.3 is 11.9 Å². The Bertz CT molecular complexity index is 248. The van der Waals surface area contributed by atoms with E-state index in [1.165, 1.54) is 0 Å². The largest absolute Gasteiger partial charge is 0.481 e. The standard InChI is InChI=1S/C11H20ClNO4/c12-6-4-2-1-3-5-8(10(14)15)7-9(13)11(16)17/h8-9H,1-7,13H2,(H,14,15)(H,16,17). The molecule has 0 saturated heterocycles. The molecule has 2 unspecified atom stereocenters. The van der Waals surface area contributed by atoms with Crippen LogP contribution in [0.4, 0.5) is 0 Å². The van der Waals surface area contributed by atoms with Crippen molar-refractivity contribution < 1.29 is 19.8 Å². The molecule has 0 aliphatic heterocycles. The van der Waals surface area contributed by atoms with Crippen LogP contribution < -0.4 is 5.73 Å². The Morgan fingerprint density at radius 2 is 1.65 bits per heavy atom. The fraction of sp³-hybridized carbons (Fsp3) is 0.818. The van der Waals surface area contributed by atoms with Crippen molar-refractivity contribution in [3.8, 4) is 0 Å². The third kappa shape index (κ3) is 7.99. The van der Waals surface area contributed by atoms with Crippen LogP contribution in [0, 0.1) is 5.92 Å². The van der Waals surface area contributed by atoms with Crippen LogP contribution in [0.25, 0.3) is 0 Å². The number of carboxylic acids is 2. The van der Waals surface area contributed by atoms with Crippen molar-refractivity contribution in [1.29, 1.82) is 0 Å². The summed E-state index contributed by atoms with van der Waals surface area (Å²) in [4.78, 5) is 21.4. The van der Waals surface area contributed by atoms with Crippen molar-refractivity contribution in [2.75, 3.05) is 5.88 Å². The van der Waals surface area contributed by atoms with Crippen molar-refractivity contribution in [3.63, 3.8) is 0 Å². The highest BCUT2D eigenvalue weighted by Crippen LogP contribution is 2.16. The van der Waals surface area contributed by atoms with E-state index in [9.17, 15) is 9.59 Å². The Labute approximate surface area is 106 Å². The molecule has 0 amide bonds. The van der Waals surface area contributed by atoms with Crippen molar-refractivity contribution in [2.45, 2.75) is 44.6 Å². The average Bonchev–Trinajstić information content (AvgIpc) is 2.26. The number of carbonyl (C=O) groups is 2. The summed E-state index contributed by atoms with van der Waals surface area (Å²) >= 11 is 5.52. The SMILES string of the molecule is NC(CC(CCCCCCCl)C(=O)O)C(=O)O. The zero-order chi connectivity index (χ0) is 13.3. The van der Waals surface area contributed by atoms with Crippen LogP contribution in [-0.2, 0) is 9.59 Å². The maximum absolute atomic E-state index is 10.9. The van der Waals surface area contributed by atoms with Gasteiger partial charge in [0.05, 0.1) is 5.92 Å². The third-order valence-corrected chi connectivity index (χ3v) is 2.91. The minimum absolute atomic E-state index is 0.0137. The first kappa shape index (κ1) is 16.2. The third-order valence-electron chi connectivity index (χ3n) is 2.64. The number of halogens is 1. The number of unbranched alkanes of at least 4 members (excludes halogenated alkanes) is 3. The number of rotatable bonds is 10. The summed E-state index contributed by atoms with van der Waals surface area (Å²) < 4.78 is 0. The molecule has 0 aromatic rings. The van der Waals surface area contributed by atoms with Gasteiger partial charge in [-0.3, -0.25) is 9.59 Å². The Morgan fingerprint density at radius 3 is 2.12 bits per heavy atom. The number of hydrogen-bond donors (Lipinski definition) is 3. The molecular weight excluding hydrogens is 246 g/mol. The molecule has 0 radical (unpaired) electrons. The van der Waals surface area contributed by atoms with E-state index in [4.69, 9.17) is 27.5 Å². The molecule has 0 rings (SSSR count). The molecule has 0 aromatic carbocycles. The predicted octanol–water partition coefficient (Wildman–Crippen LogP) is 1.68. The number of alkyl halides is 1. The van der Waals surface area contributed by atoms with Crippen LogP contribution in [0.1, 0.15) is 38.5 Å².